The standard InChI is InChI=1S/C16H24N2O5/c1-4-23-14-7-5-13(6-8-14)17-15(19)16(20)18(9-11-21-2)10-12-22-3/h5-8H,4,9-12H2,1-3H3,(H,17,19). The molecule has 0 unspecified atom stereocenters. The molecule has 0 saturated carbocycles. The highest BCUT2D eigenvalue weighted by Gasteiger charge is 2.21. The first-order valence-corrected chi connectivity index (χ1v) is 7.43. The Labute approximate surface area is 136 Å². The lowest BCUT2D eigenvalue weighted by molar-refractivity contribution is -0.144. The molecule has 7 heteroatoms. The number of carbonyl (C=O) groups is 2. The number of ether oxygens (including phenoxy) is 3. The monoisotopic (exact) mass is 324 g/mol. The molecule has 0 saturated heterocycles. The molecule has 0 atom stereocenters. The predicted octanol–water partition coefficient (Wildman–Crippen LogP) is 1.15. The highest BCUT2D eigenvalue weighted by molar-refractivity contribution is 6.39. The Hall–Kier alpha value is -2.12. The van der Waals surface area contributed by atoms with Crippen LogP contribution in [0.25, 0.3) is 0 Å². The predicted molar refractivity (Wildman–Crippen MR) is 86.6 cm³/mol. The second-order valence-electron chi connectivity index (χ2n) is 4.69. The molecule has 0 fully saturated rings. The van der Waals surface area contributed by atoms with Gasteiger partial charge in [0.1, 0.15) is 5.75 Å². The van der Waals surface area contributed by atoms with Crippen molar-refractivity contribution in [3.8, 4) is 5.75 Å². The lowest BCUT2D eigenvalue weighted by Crippen LogP contribution is -2.43. The van der Waals surface area contributed by atoms with Gasteiger partial charge in [-0.25, -0.2) is 0 Å². The fourth-order valence-corrected chi connectivity index (χ4v) is 1.85. The zero-order valence-corrected chi connectivity index (χ0v) is 13.8. The van der Waals surface area contributed by atoms with E-state index in [0.29, 0.717) is 44.3 Å². The van der Waals surface area contributed by atoms with E-state index in [1.54, 1.807) is 38.5 Å². The molecule has 1 rings (SSSR count). The van der Waals surface area contributed by atoms with E-state index >= 15 is 0 Å². The molecule has 0 radical (unpaired) electrons. The molecular weight excluding hydrogens is 300 g/mol. The van der Waals surface area contributed by atoms with Gasteiger partial charge in [-0.1, -0.05) is 0 Å². The van der Waals surface area contributed by atoms with Gasteiger partial charge in [0, 0.05) is 33.0 Å². The number of carbonyl (C=O) groups excluding carboxylic acids is 2. The largest absolute Gasteiger partial charge is 0.494 e. The van der Waals surface area contributed by atoms with Crippen LogP contribution in [0.2, 0.25) is 0 Å². The van der Waals surface area contributed by atoms with Crippen LogP contribution in [0.3, 0.4) is 0 Å². The number of rotatable bonds is 9. The Bertz CT molecular complexity index is 482. The van der Waals surface area contributed by atoms with Gasteiger partial charge in [0.05, 0.1) is 19.8 Å². The number of nitrogens with one attached hydrogen (secondary N) is 1. The van der Waals surface area contributed by atoms with Crippen molar-refractivity contribution in [1.82, 2.24) is 4.90 Å². The van der Waals surface area contributed by atoms with E-state index in [-0.39, 0.29) is 0 Å². The first kappa shape index (κ1) is 18.9. The van der Waals surface area contributed by atoms with Crippen LogP contribution in [-0.2, 0) is 19.1 Å². The maximum absolute atomic E-state index is 12.2. The number of nitrogens with zero attached hydrogens (tertiary/aromatic N) is 1. The van der Waals surface area contributed by atoms with Crippen molar-refractivity contribution in [2.24, 2.45) is 0 Å². The van der Waals surface area contributed by atoms with Gasteiger partial charge in [-0.05, 0) is 31.2 Å². The summed E-state index contributed by atoms with van der Waals surface area (Å²) in [5, 5.41) is 2.58. The Kier molecular flexibility index (Phi) is 8.71. The normalized spacial score (nSPS) is 10.2. The van der Waals surface area contributed by atoms with Gasteiger partial charge < -0.3 is 24.4 Å². The summed E-state index contributed by atoms with van der Waals surface area (Å²) in [6, 6.07) is 6.84. The van der Waals surface area contributed by atoms with Gasteiger partial charge in [0.15, 0.2) is 0 Å². The highest BCUT2D eigenvalue weighted by Crippen LogP contribution is 2.15. The summed E-state index contributed by atoms with van der Waals surface area (Å²) in [6.45, 7) is 3.82. The minimum atomic E-state index is -0.693. The molecule has 0 spiro atoms. The van der Waals surface area contributed by atoms with Crippen molar-refractivity contribution in [1.29, 1.82) is 0 Å². The molecule has 1 N–H and O–H groups in total. The van der Waals surface area contributed by atoms with Crippen LogP contribution >= 0.6 is 0 Å². The van der Waals surface area contributed by atoms with E-state index in [4.69, 9.17) is 14.2 Å². The van der Waals surface area contributed by atoms with E-state index in [1.165, 1.54) is 4.90 Å². The second-order valence-corrected chi connectivity index (χ2v) is 4.69. The summed E-state index contributed by atoms with van der Waals surface area (Å²) in [7, 11) is 3.08. The molecule has 2 amide bonds. The van der Waals surface area contributed by atoms with Crippen molar-refractivity contribution in [2.45, 2.75) is 6.92 Å². The van der Waals surface area contributed by atoms with Gasteiger partial charge in [-0.15, -0.1) is 0 Å². The molecule has 1 aromatic carbocycles. The Morgan fingerprint density at radius 1 is 1.04 bits per heavy atom. The van der Waals surface area contributed by atoms with Gasteiger partial charge in [-0.2, -0.15) is 0 Å². The lowest BCUT2D eigenvalue weighted by Gasteiger charge is -2.21. The third kappa shape index (κ3) is 6.66. The van der Waals surface area contributed by atoms with Crippen molar-refractivity contribution in [2.75, 3.05) is 52.4 Å². The van der Waals surface area contributed by atoms with Crippen LogP contribution in [0, 0.1) is 0 Å². The van der Waals surface area contributed by atoms with E-state index in [2.05, 4.69) is 5.32 Å². The number of methoxy groups -OCH3 is 2. The molecule has 0 bridgehead atoms. The summed E-state index contributed by atoms with van der Waals surface area (Å²) in [5.41, 5.74) is 0.533. The Morgan fingerprint density at radius 2 is 1.61 bits per heavy atom. The Morgan fingerprint density at radius 3 is 2.09 bits per heavy atom. The van der Waals surface area contributed by atoms with Crippen LogP contribution in [0.4, 0.5) is 5.69 Å². The van der Waals surface area contributed by atoms with Crippen LogP contribution in [0.5, 0.6) is 5.75 Å². The number of amides is 2. The van der Waals surface area contributed by atoms with Crippen molar-refractivity contribution < 1.29 is 23.8 Å². The molecule has 0 heterocycles. The average molecular weight is 324 g/mol. The molecule has 7 nitrogen and oxygen atoms in total. The highest BCUT2D eigenvalue weighted by atomic mass is 16.5. The third-order valence-electron chi connectivity index (χ3n) is 3.04. The van der Waals surface area contributed by atoms with Crippen LogP contribution in [0.1, 0.15) is 6.92 Å². The lowest BCUT2D eigenvalue weighted by atomic mass is 10.3. The fourth-order valence-electron chi connectivity index (χ4n) is 1.85. The van der Waals surface area contributed by atoms with Crippen LogP contribution < -0.4 is 10.1 Å². The minimum Gasteiger partial charge on any atom is -0.494 e. The number of hydrogen-bond donors (Lipinski definition) is 1. The molecule has 0 aromatic heterocycles. The maximum Gasteiger partial charge on any atom is 0.313 e. The van der Waals surface area contributed by atoms with Crippen LogP contribution in [-0.4, -0.2) is 63.8 Å². The summed E-state index contributed by atoms with van der Waals surface area (Å²) in [6.07, 6.45) is 0. The average Bonchev–Trinajstić information content (AvgIpc) is 2.56. The quantitative estimate of drug-likeness (QED) is 0.690. The van der Waals surface area contributed by atoms with Crippen molar-refractivity contribution >= 4 is 17.5 Å². The molecule has 0 aliphatic carbocycles. The van der Waals surface area contributed by atoms with Gasteiger partial charge >= 0.3 is 11.8 Å². The van der Waals surface area contributed by atoms with Gasteiger partial charge in [0.25, 0.3) is 0 Å². The summed E-state index contributed by atoms with van der Waals surface area (Å²) >= 11 is 0. The number of benzene rings is 1. The molecule has 128 valence electrons. The third-order valence-corrected chi connectivity index (χ3v) is 3.04. The van der Waals surface area contributed by atoms with Gasteiger partial charge in [0.2, 0.25) is 0 Å². The van der Waals surface area contributed by atoms with Crippen molar-refractivity contribution in [3.05, 3.63) is 24.3 Å². The zero-order valence-electron chi connectivity index (χ0n) is 13.8. The van der Waals surface area contributed by atoms with Crippen molar-refractivity contribution in [3.63, 3.8) is 0 Å². The van der Waals surface area contributed by atoms with E-state index in [1.807, 2.05) is 6.92 Å². The molecule has 23 heavy (non-hydrogen) atoms. The summed E-state index contributed by atoms with van der Waals surface area (Å²) < 4.78 is 15.2. The smallest absolute Gasteiger partial charge is 0.313 e. The summed E-state index contributed by atoms with van der Waals surface area (Å²) in [5.74, 6) is -0.604. The first-order chi connectivity index (χ1) is 11.1. The number of anilines is 1. The fraction of sp³-hybridized carbons (Fsp3) is 0.500. The van der Waals surface area contributed by atoms with E-state index in [9.17, 15) is 9.59 Å². The van der Waals surface area contributed by atoms with Crippen LogP contribution in [0.15, 0.2) is 24.3 Å². The maximum atomic E-state index is 12.2. The SMILES string of the molecule is CCOc1ccc(NC(=O)C(=O)N(CCOC)CCOC)cc1. The zero-order chi connectivity index (χ0) is 17.1. The molecule has 0 aliphatic rings. The first-order valence-electron chi connectivity index (χ1n) is 7.43. The number of hydrogen-bond acceptors (Lipinski definition) is 5. The Balaban J connectivity index is 2.63. The van der Waals surface area contributed by atoms with E-state index in [0.717, 1.165) is 0 Å². The van der Waals surface area contributed by atoms with Gasteiger partial charge in [-0.3, -0.25) is 9.59 Å². The topological polar surface area (TPSA) is 77.1 Å². The summed E-state index contributed by atoms with van der Waals surface area (Å²) in [4.78, 5) is 25.7. The molecule has 0 aliphatic heterocycles. The second kappa shape index (κ2) is 10.6. The molecule has 1 aromatic rings. The minimum absolute atomic E-state index is 0.329. The van der Waals surface area contributed by atoms with E-state index < -0.39 is 11.8 Å². The molecular formula is C16H24N2O5.